The van der Waals surface area contributed by atoms with Crippen LogP contribution in [0, 0.1) is 0 Å². The number of aromatic nitrogens is 2. The zero-order valence-corrected chi connectivity index (χ0v) is 11.5. The van der Waals surface area contributed by atoms with Gasteiger partial charge in [-0.25, -0.2) is 13.2 Å². The molecule has 1 aromatic rings. The van der Waals surface area contributed by atoms with E-state index in [1.54, 1.807) is 20.8 Å². The minimum Gasteiger partial charge on any atom is -0.462 e. The van der Waals surface area contributed by atoms with Crippen LogP contribution in [0.2, 0.25) is 0 Å². The molecule has 0 spiro atoms. The number of hydrogen-bond acceptors (Lipinski definition) is 5. The maximum atomic E-state index is 12.2. The summed E-state index contributed by atoms with van der Waals surface area (Å²) in [5, 5.41) is 5.75. The first-order chi connectivity index (χ1) is 8.48. The number of nitrogens with zero attached hydrogens (tertiary/aromatic N) is 2. The highest BCUT2D eigenvalue weighted by Gasteiger charge is 2.29. The van der Waals surface area contributed by atoms with Crippen LogP contribution < -0.4 is 0 Å². The number of rotatable bonds is 6. The predicted octanol–water partition coefficient (Wildman–Crippen LogP) is 0.617. The fourth-order valence-corrected chi connectivity index (χ4v) is 3.04. The number of aromatic amines is 1. The summed E-state index contributed by atoms with van der Waals surface area (Å²) < 4.78 is 30.5. The number of sulfonamides is 1. The van der Waals surface area contributed by atoms with Gasteiger partial charge in [-0.15, -0.1) is 0 Å². The molecule has 0 amide bonds. The molecule has 0 atom stereocenters. The Morgan fingerprint density at radius 1 is 1.39 bits per heavy atom. The van der Waals surface area contributed by atoms with E-state index in [4.69, 9.17) is 4.74 Å². The summed E-state index contributed by atoms with van der Waals surface area (Å²) in [5.41, 5.74) is -0.0660. The van der Waals surface area contributed by atoms with Crippen molar-refractivity contribution in [1.29, 1.82) is 0 Å². The lowest BCUT2D eigenvalue weighted by Crippen LogP contribution is -2.32. The van der Waals surface area contributed by atoms with Crippen molar-refractivity contribution in [3.05, 3.63) is 11.8 Å². The number of ether oxygens (including phenoxy) is 1. The quantitative estimate of drug-likeness (QED) is 0.768. The Bertz CT molecular complexity index is 505. The van der Waals surface area contributed by atoms with Crippen LogP contribution in [0.3, 0.4) is 0 Å². The van der Waals surface area contributed by atoms with Gasteiger partial charge in [0.05, 0.1) is 12.8 Å². The molecule has 0 bridgehead atoms. The molecule has 1 aromatic heterocycles. The van der Waals surface area contributed by atoms with Crippen molar-refractivity contribution in [1.82, 2.24) is 14.5 Å². The lowest BCUT2D eigenvalue weighted by atomic mass is 10.4. The maximum Gasteiger partial charge on any atom is 0.342 e. The molecular weight excluding hydrogens is 258 g/mol. The van der Waals surface area contributed by atoms with Crippen molar-refractivity contribution in [3.63, 3.8) is 0 Å². The number of carbonyl (C=O) groups excluding carboxylic acids is 1. The van der Waals surface area contributed by atoms with Crippen molar-refractivity contribution >= 4 is 16.0 Å². The summed E-state index contributed by atoms with van der Waals surface area (Å²) >= 11 is 0. The fraction of sp³-hybridized carbons (Fsp3) is 0.600. The van der Waals surface area contributed by atoms with Gasteiger partial charge in [-0.05, 0) is 6.92 Å². The standard InChI is InChI=1S/C10H17N3O4S/c1-4-13(5-2)18(15,16)9-8(7-11-12-9)10(14)17-6-3/h7H,4-6H2,1-3H3,(H,11,12). The Morgan fingerprint density at radius 2 is 2.00 bits per heavy atom. The van der Waals surface area contributed by atoms with Crippen LogP contribution in [0.25, 0.3) is 0 Å². The van der Waals surface area contributed by atoms with Crippen molar-refractivity contribution in [2.24, 2.45) is 0 Å². The lowest BCUT2D eigenvalue weighted by molar-refractivity contribution is 0.0521. The highest BCUT2D eigenvalue weighted by molar-refractivity contribution is 7.89. The molecule has 0 aliphatic rings. The third-order valence-electron chi connectivity index (χ3n) is 2.40. The van der Waals surface area contributed by atoms with Gasteiger partial charge >= 0.3 is 5.97 Å². The molecule has 0 aromatic carbocycles. The van der Waals surface area contributed by atoms with E-state index >= 15 is 0 Å². The van der Waals surface area contributed by atoms with Crippen LogP contribution in [0.5, 0.6) is 0 Å². The largest absolute Gasteiger partial charge is 0.462 e. The molecule has 0 saturated heterocycles. The zero-order valence-electron chi connectivity index (χ0n) is 10.6. The molecule has 0 fully saturated rings. The van der Waals surface area contributed by atoms with Crippen LogP contribution in [0.4, 0.5) is 0 Å². The number of nitrogens with one attached hydrogen (secondary N) is 1. The Labute approximate surface area is 106 Å². The molecule has 7 nitrogen and oxygen atoms in total. The Morgan fingerprint density at radius 3 is 2.50 bits per heavy atom. The van der Waals surface area contributed by atoms with E-state index in [0.717, 1.165) is 6.20 Å². The van der Waals surface area contributed by atoms with Gasteiger partial charge < -0.3 is 4.74 Å². The minimum absolute atomic E-state index is 0.0660. The molecule has 8 heteroatoms. The van der Waals surface area contributed by atoms with Crippen LogP contribution in [0.15, 0.2) is 11.2 Å². The first-order valence-corrected chi connectivity index (χ1v) is 7.13. The second kappa shape index (κ2) is 5.96. The molecule has 1 rings (SSSR count). The number of hydrogen-bond donors (Lipinski definition) is 1. The van der Waals surface area contributed by atoms with Gasteiger partial charge in [-0.3, -0.25) is 5.10 Å². The monoisotopic (exact) mass is 275 g/mol. The minimum atomic E-state index is -3.74. The Kier molecular flexibility index (Phi) is 4.85. The van der Waals surface area contributed by atoms with E-state index in [1.165, 1.54) is 4.31 Å². The van der Waals surface area contributed by atoms with Gasteiger partial charge in [0, 0.05) is 13.1 Å². The fourth-order valence-electron chi connectivity index (χ4n) is 1.52. The van der Waals surface area contributed by atoms with Gasteiger partial charge in [-0.2, -0.15) is 9.40 Å². The van der Waals surface area contributed by atoms with Gasteiger partial charge in [0.2, 0.25) is 0 Å². The summed E-state index contributed by atoms with van der Waals surface area (Å²) in [6.07, 6.45) is 1.16. The van der Waals surface area contributed by atoms with Crippen LogP contribution in [0.1, 0.15) is 31.1 Å². The lowest BCUT2D eigenvalue weighted by Gasteiger charge is -2.17. The van der Waals surface area contributed by atoms with Crippen molar-refractivity contribution in [2.75, 3.05) is 19.7 Å². The topological polar surface area (TPSA) is 92.4 Å². The second-order valence-electron chi connectivity index (χ2n) is 3.42. The second-order valence-corrected chi connectivity index (χ2v) is 5.30. The van der Waals surface area contributed by atoms with E-state index in [-0.39, 0.29) is 17.2 Å². The van der Waals surface area contributed by atoms with E-state index in [9.17, 15) is 13.2 Å². The normalized spacial score (nSPS) is 11.8. The molecule has 102 valence electrons. The molecule has 0 aliphatic heterocycles. The molecule has 0 radical (unpaired) electrons. The third-order valence-corrected chi connectivity index (χ3v) is 4.43. The van der Waals surface area contributed by atoms with Gasteiger partial charge in [0.25, 0.3) is 10.0 Å². The van der Waals surface area contributed by atoms with Crippen LogP contribution >= 0.6 is 0 Å². The van der Waals surface area contributed by atoms with Crippen molar-refractivity contribution < 1.29 is 17.9 Å². The Balaban J connectivity index is 3.18. The molecule has 18 heavy (non-hydrogen) atoms. The Hall–Kier alpha value is -1.41. The van der Waals surface area contributed by atoms with Crippen LogP contribution in [-0.4, -0.2) is 48.6 Å². The van der Waals surface area contributed by atoms with Crippen molar-refractivity contribution in [3.8, 4) is 0 Å². The summed E-state index contributed by atoms with van der Waals surface area (Å²) in [7, 11) is -3.74. The van der Waals surface area contributed by atoms with Gasteiger partial charge in [0.15, 0.2) is 5.03 Å². The molecule has 0 saturated carbocycles. The number of esters is 1. The average molecular weight is 275 g/mol. The van der Waals surface area contributed by atoms with E-state index in [1.807, 2.05) is 0 Å². The molecule has 0 unspecified atom stereocenters. The number of carbonyl (C=O) groups is 1. The molecule has 1 heterocycles. The summed E-state index contributed by atoms with van der Waals surface area (Å²) in [4.78, 5) is 11.6. The van der Waals surface area contributed by atoms with E-state index < -0.39 is 16.0 Å². The van der Waals surface area contributed by atoms with E-state index in [0.29, 0.717) is 13.1 Å². The first-order valence-electron chi connectivity index (χ1n) is 5.69. The summed E-state index contributed by atoms with van der Waals surface area (Å²) in [6.45, 7) is 5.91. The molecule has 1 N–H and O–H groups in total. The predicted molar refractivity (Wildman–Crippen MR) is 64.7 cm³/mol. The average Bonchev–Trinajstić information content (AvgIpc) is 2.80. The van der Waals surface area contributed by atoms with Crippen molar-refractivity contribution in [2.45, 2.75) is 25.8 Å². The first kappa shape index (κ1) is 14.7. The summed E-state index contributed by atoms with van der Waals surface area (Å²) in [6, 6.07) is 0. The smallest absolute Gasteiger partial charge is 0.342 e. The zero-order chi connectivity index (χ0) is 13.8. The highest BCUT2D eigenvalue weighted by atomic mass is 32.2. The third kappa shape index (κ3) is 2.70. The SMILES string of the molecule is CCOC(=O)c1cn[nH]c1S(=O)(=O)N(CC)CC. The molecule has 0 aliphatic carbocycles. The summed E-state index contributed by atoms with van der Waals surface area (Å²) in [5.74, 6) is -0.697. The van der Waals surface area contributed by atoms with E-state index in [2.05, 4.69) is 10.2 Å². The molecular formula is C10H17N3O4S. The number of H-pyrrole nitrogens is 1. The maximum absolute atomic E-state index is 12.2. The van der Waals surface area contributed by atoms with Crippen LogP contribution in [-0.2, 0) is 14.8 Å². The van der Waals surface area contributed by atoms with Gasteiger partial charge in [-0.1, -0.05) is 13.8 Å². The van der Waals surface area contributed by atoms with Gasteiger partial charge in [0.1, 0.15) is 5.56 Å². The highest BCUT2D eigenvalue weighted by Crippen LogP contribution is 2.18.